The molecule has 4 aliphatic heterocycles. The molecule has 4 aliphatic carbocycles. The molecule has 2 saturated heterocycles. The fraction of sp³-hybridized carbons (Fsp3) is 0.306. The summed E-state index contributed by atoms with van der Waals surface area (Å²) in [5.41, 5.74) is 16.0. The van der Waals surface area contributed by atoms with Gasteiger partial charge in [-0.25, -0.2) is 4.79 Å². The molecule has 0 unspecified atom stereocenters. The topological polar surface area (TPSA) is 341 Å². The molecule has 0 radical (unpaired) electrons. The monoisotopic (exact) mass is 1180 g/mol. The number of ketones is 2. The number of carbonyl (C=O) groups is 6. The lowest BCUT2D eigenvalue weighted by Crippen LogP contribution is -2.34. The Hall–Kier alpha value is -10.7. The minimum atomic E-state index is -0.714. The van der Waals surface area contributed by atoms with E-state index in [4.69, 9.17) is 39.0 Å². The van der Waals surface area contributed by atoms with E-state index in [2.05, 4.69) is 31.0 Å². The van der Waals surface area contributed by atoms with Crippen molar-refractivity contribution < 1.29 is 72.3 Å². The van der Waals surface area contributed by atoms with Gasteiger partial charge in [-0.3, -0.25) is 28.9 Å². The predicted octanol–water partition coefficient (Wildman–Crippen LogP) is 6.59. The summed E-state index contributed by atoms with van der Waals surface area (Å²) in [5, 5.41) is 24.7. The summed E-state index contributed by atoms with van der Waals surface area (Å²) in [6, 6.07) is 8.32. The van der Waals surface area contributed by atoms with Crippen LogP contribution in [0.15, 0.2) is 60.1 Å². The van der Waals surface area contributed by atoms with Gasteiger partial charge in [0.05, 0.1) is 74.9 Å². The van der Waals surface area contributed by atoms with Gasteiger partial charge < -0.3 is 79.3 Å². The number of H-pyrrole nitrogens is 5. The Morgan fingerprint density at radius 1 is 0.609 bits per heavy atom. The maximum atomic E-state index is 14.2. The largest absolute Gasteiger partial charge is 0.503 e. The van der Waals surface area contributed by atoms with E-state index >= 15 is 0 Å². The maximum Gasteiger partial charge on any atom is 0.373 e. The molecule has 4 atom stereocenters. The SMILES string of the molecule is COc1c(O)c2c(c3cc(C(=O)N4CCc5c4c(O)c(OC)c4[nH]c(C(=O)N6C[C@H]7C[C@@]78C6=CC(=O)c6[nH]cc(C)c68)cc54)[nH]c13)CCN2C(N)=O.COc1cc2cc(C(=O)N3C[C@H]4C[C@@]45C3=CC(=O)c3[nH]c(C)cc35)[nH]c2c(OC)c1OC.O=C=O. The number of nitrogens with two attached hydrogens (primary N) is 1. The van der Waals surface area contributed by atoms with Gasteiger partial charge in [0.25, 0.3) is 17.7 Å². The average Bonchev–Trinajstić information content (AvgIpc) is 1.51. The van der Waals surface area contributed by atoms with E-state index in [0.717, 1.165) is 52.0 Å². The van der Waals surface area contributed by atoms with Crippen molar-refractivity contribution in [3.05, 3.63) is 122 Å². The number of rotatable bonds is 8. The first-order valence-corrected chi connectivity index (χ1v) is 28.0. The number of amides is 5. The highest BCUT2D eigenvalue weighted by Crippen LogP contribution is 2.68. The Labute approximate surface area is 492 Å². The number of nitrogens with zero attached hydrogens (tertiary/aromatic N) is 4. The second-order valence-electron chi connectivity index (χ2n) is 23.0. The van der Waals surface area contributed by atoms with Crippen LogP contribution < -0.4 is 39.2 Å². The molecule has 0 bridgehead atoms. The minimum Gasteiger partial charge on any atom is -0.503 e. The van der Waals surface area contributed by atoms with Crippen molar-refractivity contribution >= 4 is 85.6 Å². The zero-order valence-corrected chi connectivity index (χ0v) is 48.0. The number of fused-ring (bicyclic) bond motifs is 9. The van der Waals surface area contributed by atoms with Gasteiger partial charge in [-0.1, -0.05) is 0 Å². The minimum absolute atomic E-state index is 0.0665. The lowest BCUT2D eigenvalue weighted by Gasteiger charge is -2.28. The molecule has 8 aromatic rings. The number of piperidine rings is 2. The summed E-state index contributed by atoms with van der Waals surface area (Å²) in [6.45, 7) is 5.51. The van der Waals surface area contributed by atoms with E-state index in [1.54, 1.807) is 61.5 Å². The molecular formula is C62H56N10O15. The Bertz CT molecular complexity index is 4580. The molecule has 25 nitrogen and oxygen atoms in total. The number of nitrogens with one attached hydrogen (secondary N) is 5. The number of aryl methyl sites for hydroxylation is 2. The van der Waals surface area contributed by atoms with E-state index < -0.39 is 11.9 Å². The number of likely N-dealkylation sites (tertiary alicyclic amines) is 2. The van der Waals surface area contributed by atoms with Gasteiger partial charge >= 0.3 is 12.2 Å². The lowest BCUT2D eigenvalue weighted by molar-refractivity contribution is -0.191. The Morgan fingerprint density at radius 3 is 1.67 bits per heavy atom. The number of allylic oxidation sites excluding steroid dienone is 4. The number of hydrogen-bond donors (Lipinski definition) is 8. The third kappa shape index (κ3) is 7.25. The molecule has 9 N–H and O–H groups in total. The van der Waals surface area contributed by atoms with Crippen molar-refractivity contribution in [1.82, 2.24) is 34.7 Å². The van der Waals surface area contributed by atoms with Crippen LogP contribution in [-0.2, 0) is 33.3 Å². The molecule has 5 aromatic heterocycles. The number of aromatic amines is 5. The Morgan fingerprint density at radius 2 is 1.10 bits per heavy atom. The molecule has 9 heterocycles. The van der Waals surface area contributed by atoms with E-state index in [0.29, 0.717) is 105 Å². The van der Waals surface area contributed by atoms with E-state index in [9.17, 15) is 39.0 Å². The first-order valence-electron chi connectivity index (χ1n) is 28.0. The third-order valence-electron chi connectivity index (χ3n) is 18.9. The number of ether oxygens (including phenoxy) is 5. The molecule has 2 saturated carbocycles. The second-order valence-corrected chi connectivity index (χ2v) is 23.0. The van der Waals surface area contributed by atoms with Crippen LogP contribution >= 0.6 is 0 Å². The van der Waals surface area contributed by atoms with Crippen molar-refractivity contribution in [1.29, 1.82) is 0 Å². The zero-order valence-electron chi connectivity index (χ0n) is 48.0. The predicted molar refractivity (Wildman–Crippen MR) is 310 cm³/mol. The van der Waals surface area contributed by atoms with Crippen LogP contribution in [0, 0.1) is 25.7 Å². The summed E-state index contributed by atoms with van der Waals surface area (Å²) >= 11 is 0. The number of primary amides is 1. The van der Waals surface area contributed by atoms with Crippen LogP contribution in [0.2, 0.25) is 0 Å². The highest BCUT2D eigenvalue weighted by atomic mass is 16.5. The number of phenolic OH excluding ortho intramolecular Hbond substituents is 2. The molecule has 25 heteroatoms. The first-order chi connectivity index (χ1) is 41.8. The van der Waals surface area contributed by atoms with E-state index in [-0.39, 0.29) is 105 Å². The number of carbonyl (C=O) groups excluding carboxylic acids is 8. The molecule has 4 fully saturated rings. The first kappa shape index (κ1) is 54.3. The number of aromatic hydroxyl groups is 2. The molecule has 2 spiro atoms. The number of phenols is 2. The van der Waals surface area contributed by atoms with Crippen LogP contribution in [-0.4, -0.2) is 148 Å². The summed E-state index contributed by atoms with van der Waals surface area (Å²) in [5.74, 6) is 0.506. The molecule has 8 aliphatic rings. The fourth-order valence-electron chi connectivity index (χ4n) is 15.2. The number of urea groups is 1. The number of benzene rings is 3. The summed E-state index contributed by atoms with van der Waals surface area (Å²) in [6.07, 6.45) is 7.97. The zero-order chi connectivity index (χ0) is 61.2. The van der Waals surface area contributed by atoms with Crippen LogP contribution in [0.3, 0.4) is 0 Å². The van der Waals surface area contributed by atoms with Crippen molar-refractivity contribution in [2.24, 2.45) is 17.6 Å². The van der Waals surface area contributed by atoms with Crippen LogP contribution in [0.25, 0.3) is 32.7 Å². The van der Waals surface area contributed by atoms with E-state index in [1.165, 1.54) is 24.0 Å². The van der Waals surface area contributed by atoms with Gasteiger partial charge in [0, 0.05) is 88.6 Å². The molecule has 444 valence electrons. The highest BCUT2D eigenvalue weighted by molar-refractivity contribution is 6.16. The van der Waals surface area contributed by atoms with Crippen LogP contribution in [0.4, 0.5) is 16.2 Å². The normalized spacial score (nSPS) is 21.0. The molecular weight excluding hydrogens is 1120 g/mol. The van der Waals surface area contributed by atoms with Crippen molar-refractivity contribution in [2.45, 2.75) is 50.4 Å². The lowest BCUT2D eigenvalue weighted by atomic mass is 9.83. The molecule has 3 aromatic carbocycles. The van der Waals surface area contributed by atoms with Gasteiger partial charge in [0.2, 0.25) is 17.3 Å². The molecule has 87 heavy (non-hydrogen) atoms. The molecule has 16 rings (SSSR count). The van der Waals surface area contributed by atoms with Gasteiger partial charge in [-0.2, -0.15) is 9.59 Å². The maximum absolute atomic E-state index is 14.2. The average molecular weight is 1180 g/mol. The van der Waals surface area contributed by atoms with E-state index in [1.807, 2.05) is 26.1 Å². The van der Waals surface area contributed by atoms with Gasteiger partial charge in [-0.15, -0.1) is 0 Å². The number of hydrogen-bond acceptors (Lipinski definition) is 15. The van der Waals surface area contributed by atoms with Crippen LogP contribution in [0.1, 0.15) is 98.8 Å². The number of methoxy groups -OCH3 is 5. The van der Waals surface area contributed by atoms with Crippen molar-refractivity contribution in [3.8, 4) is 40.2 Å². The third-order valence-corrected chi connectivity index (χ3v) is 18.9. The van der Waals surface area contributed by atoms with Crippen LogP contribution in [0.5, 0.6) is 40.2 Å². The van der Waals surface area contributed by atoms with Crippen molar-refractivity contribution in [2.75, 3.05) is 71.5 Å². The second kappa shape index (κ2) is 18.9. The highest BCUT2D eigenvalue weighted by Gasteiger charge is 2.69. The van der Waals surface area contributed by atoms with Crippen molar-refractivity contribution in [3.63, 3.8) is 0 Å². The summed E-state index contributed by atoms with van der Waals surface area (Å²) in [4.78, 5) is 118. The number of aromatic nitrogens is 5. The molecule has 5 amide bonds. The van der Waals surface area contributed by atoms with Gasteiger partial charge in [-0.05, 0) is 110 Å². The quantitative estimate of drug-likeness (QED) is 0.0795. The summed E-state index contributed by atoms with van der Waals surface area (Å²) in [7, 11) is 7.43. The Kier molecular flexibility index (Phi) is 11.8. The smallest absolute Gasteiger partial charge is 0.373 e. The van der Waals surface area contributed by atoms with Gasteiger partial charge in [0.1, 0.15) is 17.1 Å². The standard InChI is InChI=1S/C37H33N7O8.C24H23N3O5.CO2/c1-14-12-39-27-22(45)10-23-37(24(14)27)11-15(37)13-44(23)35(49)21-9-18-16-4-6-42(28(16)30(46)32(51-2)25(18)41-21)34(48)20-8-19-17-5-7-43(36(38)50)29(17)31(47)33(52-3)26(19)40-20;1-11-5-14-20(25-11)16(28)8-18-24(14)9-13(24)10-27(18)23(29)15-6-12-7-17(30-2)21(31-3)22(32-4)19(12)26-15;2-1-3/h8-10,12,15,39-41,46-47H,4-7,11,13H2,1-3H3,(H2,38,50);5-8,13,25-26H,9-10H2,1-4H3;/t15-,37+;13-,24-;/m11./s1. The number of anilines is 2. The van der Waals surface area contributed by atoms with Gasteiger partial charge in [0.15, 0.2) is 34.5 Å². The Balaban J connectivity index is 0.000000163. The summed E-state index contributed by atoms with van der Waals surface area (Å²) < 4.78 is 27.6. The fourth-order valence-corrected chi connectivity index (χ4v) is 15.2.